The van der Waals surface area contributed by atoms with Crippen LogP contribution in [-0.2, 0) is 6.54 Å². The first-order valence-electron chi connectivity index (χ1n) is 7.80. The minimum atomic E-state index is -0.221. The van der Waals surface area contributed by atoms with E-state index in [0.717, 1.165) is 22.1 Å². The van der Waals surface area contributed by atoms with Crippen molar-refractivity contribution in [1.29, 1.82) is 0 Å². The molecule has 0 bridgehead atoms. The van der Waals surface area contributed by atoms with Crippen LogP contribution in [0.2, 0.25) is 0 Å². The van der Waals surface area contributed by atoms with Crippen molar-refractivity contribution >= 4 is 28.8 Å². The van der Waals surface area contributed by atoms with Crippen molar-refractivity contribution < 1.29 is 4.79 Å². The molecule has 0 saturated carbocycles. The lowest BCUT2D eigenvalue weighted by atomic mass is 10.2. The highest BCUT2D eigenvalue weighted by atomic mass is 32.1. The van der Waals surface area contributed by atoms with E-state index in [9.17, 15) is 9.59 Å². The molecule has 1 amide bonds. The van der Waals surface area contributed by atoms with E-state index in [0.29, 0.717) is 23.5 Å². The minimum absolute atomic E-state index is 0.191. The van der Waals surface area contributed by atoms with Crippen molar-refractivity contribution in [1.82, 2.24) is 24.7 Å². The van der Waals surface area contributed by atoms with Gasteiger partial charge in [0.15, 0.2) is 0 Å². The Hall–Kier alpha value is -2.39. The van der Waals surface area contributed by atoms with Gasteiger partial charge in [0.1, 0.15) is 10.6 Å². The van der Waals surface area contributed by atoms with Gasteiger partial charge < -0.3 is 5.32 Å². The van der Waals surface area contributed by atoms with E-state index >= 15 is 0 Å². The number of hydrogen-bond donors (Lipinski definition) is 1. The van der Waals surface area contributed by atoms with Gasteiger partial charge in [0.25, 0.3) is 11.5 Å². The summed E-state index contributed by atoms with van der Waals surface area (Å²) in [5, 5.41) is 13.2. The Balaban J connectivity index is 1.77. The van der Waals surface area contributed by atoms with Gasteiger partial charge in [-0.05, 0) is 42.4 Å². The molecule has 0 radical (unpaired) electrons. The van der Waals surface area contributed by atoms with Crippen LogP contribution >= 0.6 is 22.9 Å². The monoisotopic (exact) mass is 375 g/mol. The normalized spacial score (nSPS) is 12.1. The smallest absolute Gasteiger partial charge is 0.266 e. The molecule has 0 aromatic carbocycles. The van der Waals surface area contributed by atoms with E-state index in [1.54, 1.807) is 24.3 Å². The van der Waals surface area contributed by atoms with Gasteiger partial charge in [-0.2, -0.15) is 5.10 Å². The summed E-state index contributed by atoms with van der Waals surface area (Å²) in [6.45, 7) is 4.01. The molecule has 7 nitrogen and oxygen atoms in total. The number of hydrogen-bond acceptors (Lipinski definition) is 7. The Morgan fingerprint density at radius 1 is 1.36 bits per heavy atom. The van der Waals surface area contributed by atoms with Gasteiger partial charge in [0, 0.05) is 12.1 Å². The third-order valence-electron chi connectivity index (χ3n) is 3.72. The summed E-state index contributed by atoms with van der Waals surface area (Å²) >= 11 is 2.63. The van der Waals surface area contributed by atoms with Crippen LogP contribution in [0.4, 0.5) is 0 Å². The molecule has 3 aromatic rings. The summed E-state index contributed by atoms with van der Waals surface area (Å²) < 4.78 is 5.18. The summed E-state index contributed by atoms with van der Waals surface area (Å²) in [6, 6.07) is 6.92. The number of nitrogens with one attached hydrogen (secondary N) is 1. The van der Waals surface area contributed by atoms with Crippen LogP contribution < -0.4 is 10.9 Å². The predicted molar refractivity (Wildman–Crippen MR) is 98.0 cm³/mol. The van der Waals surface area contributed by atoms with Crippen LogP contribution in [0.15, 0.2) is 34.4 Å². The Kier molecular flexibility index (Phi) is 5.34. The molecule has 1 N–H and O–H groups in total. The van der Waals surface area contributed by atoms with Gasteiger partial charge in [-0.25, -0.2) is 4.68 Å². The highest BCUT2D eigenvalue weighted by molar-refractivity contribution is 7.13. The molecule has 3 aromatic heterocycles. The summed E-state index contributed by atoms with van der Waals surface area (Å²) in [4.78, 5) is 26.0. The predicted octanol–water partition coefficient (Wildman–Crippen LogP) is 2.34. The Morgan fingerprint density at radius 2 is 2.20 bits per heavy atom. The third-order valence-corrected chi connectivity index (χ3v) is 5.44. The second-order valence-corrected chi connectivity index (χ2v) is 7.18. The molecule has 0 unspecified atom stereocenters. The molecular weight excluding hydrogens is 358 g/mol. The molecule has 0 fully saturated rings. The molecule has 1 atom stereocenters. The van der Waals surface area contributed by atoms with E-state index in [4.69, 9.17) is 0 Å². The molecule has 9 heteroatoms. The molecule has 0 spiro atoms. The second kappa shape index (κ2) is 7.66. The molecule has 3 rings (SSSR count). The van der Waals surface area contributed by atoms with Crippen molar-refractivity contribution in [3.05, 3.63) is 50.6 Å². The number of rotatable bonds is 6. The fourth-order valence-electron chi connectivity index (χ4n) is 2.31. The minimum Gasteiger partial charge on any atom is -0.347 e. The zero-order valence-electron chi connectivity index (χ0n) is 13.8. The van der Waals surface area contributed by atoms with Crippen LogP contribution in [0, 0.1) is 6.92 Å². The summed E-state index contributed by atoms with van der Waals surface area (Å²) in [6.07, 6.45) is 0.675. The molecule has 0 aliphatic heterocycles. The van der Waals surface area contributed by atoms with Crippen LogP contribution in [0.3, 0.4) is 0 Å². The third kappa shape index (κ3) is 3.99. The molecule has 0 saturated heterocycles. The van der Waals surface area contributed by atoms with Crippen molar-refractivity contribution in [3.8, 4) is 10.6 Å². The maximum absolute atomic E-state index is 12.3. The first-order valence-corrected chi connectivity index (χ1v) is 9.45. The van der Waals surface area contributed by atoms with Gasteiger partial charge >= 0.3 is 0 Å². The van der Waals surface area contributed by atoms with Crippen molar-refractivity contribution in [3.63, 3.8) is 0 Å². The van der Waals surface area contributed by atoms with Crippen LogP contribution in [-0.4, -0.2) is 31.3 Å². The lowest BCUT2D eigenvalue weighted by Crippen LogP contribution is -2.40. The molecule has 25 heavy (non-hydrogen) atoms. The lowest BCUT2D eigenvalue weighted by molar-refractivity contribution is 0.0934. The summed E-state index contributed by atoms with van der Waals surface area (Å²) in [5.74, 6) is -0.221. The Morgan fingerprint density at radius 3 is 2.84 bits per heavy atom. The zero-order chi connectivity index (χ0) is 17.8. The topological polar surface area (TPSA) is 89.8 Å². The highest BCUT2D eigenvalue weighted by Gasteiger charge is 2.18. The molecule has 0 aliphatic carbocycles. The number of carbonyl (C=O) groups is 1. The van der Waals surface area contributed by atoms with Crippen LogP contribution in [0.1, 0.15) is 28.7 Å². The fourth-order valence-corrected chi connectivity index (χ4v) is 3.56. The molecule has 3 heterocycles. The first-order chi connectivity index (χ1) is 12.1. The average molecular weight is 375 g/mol. The Bertz CT molecular complexity index is 917. The number of amides is 1. The number of aromatic nitrogens is 4. The number of aryl methyl sites for hydroxylation is 1. The largest absolute Gasteiger partial charge is 0.347 e. The van der Waals surface area contributed by atoms with Crippen LogP contribution in [0.5, 0.6) is 0 Å². The molecule has 130 valence electrons. The van der Waals surface area contributed by atoms with Gasteiger partial charge in [-0.15, -0.1) is 16.4 Å². The zero-order valence-corrected chi connectivity index (χ0v) is 15.4. The lowest BCUT2D eigenvalue weighted by Gasteiger charge is -2.17. The maximum Gasteiger partial charge on any atom is 0.266 e. The quantitative estimate of drug-likeness (QED) is 0.714. The Labute approximate surface area is 152 Å². The van der Waals surface area contributed by atoms with Gasteiger partial charge in [0.2, 0.25) is 0 Å². The van der Waals surface area contributed by atoms with E-state index < -0.39 is 0 Å². The van der Waals surface area contributed by atoms with E-state index in [1.807, 2.05) is 24.4 Å². The number of thiophene rings is 1. The van der Waals surface area contributed by atoms with Crippen LogP contribution in [0.25, 0.3) is 10.6 Å². The van der Waals surface area contributed by atoms with E-state index in [1.165, 1.54) is 10.7 Å². The van der Waals surface area contributed by atoms with Crippen molar-refractivity contribution in [2.45, 2.75) is 32.9 Å². The highest BCUT2D eigenvalue weighted by Crippen LogP contribution is 2.21. The summed E-state index contributed by atoms with van der Waals surface area (Å²) in [7, 11) is 0. The van der Waals surface area contributed by atoms with Gasteiger partial charge in [-0.1, -0.05) is 17.5 Å². The van der Waals surface area contributed by atoms with Crippen molar-refractivity contribution in [2.24, 2.45) is 0 Å². The SMILES string of the molecule is CC[C@@H](Cn1nc(-c2cccs2)ccc1=O)NC(=O)c1snnc1C. The number of carbonyl (C=O) groups excluding carboxylic acids is 1. The standard InChI is InChI=1S/C16H17N5O2S2/c1-3-11(17-16(23)15-10(2)18-20-25-15)9-21-14(22)7-6-12(19-21)13-5-4-8-24-13/h4-8,11H,3,9H2,1-2H3,(H,17,23)/t11-/m0/s1. The van der Waals surface area contributed by atoms with E-state index in [-0.39, 0.29) is 17.5 Å². The summed E-state index contributed by atoms with van der Waals surface area (Å²) in [5.41, 5.74) is 1.16. The van der Waals surface area contributed by atoms with Gasteiger partial charge in [0.05, 0.1) is 17.1 Å². The van der Waals surface area contributed by atoms with Gasteiger partial charge in [-0.3, -0.25) is 9.59 Å². The molecular formula is C16H17N5O2S2. The number of nitrogens with zero attached hydrogens (tertiary/aromatic N) is 4. The fraction of sp³-hybridized carbons (Fsp3) is 0.312. The average Bonchev–Trinajstić information content (AvgIpc) is 3.27. The van der Waals surface area contributed by atoms with Crippen molar-refractivity contribution in [2.75, 3.05) is 0 Å². The second-order valence-electron chi connectivity index (χ2n) is 5.48. The molecule has 0 aliphatic rings. The van der Waals surface area contributed by atoms with E-state index in [2.05, 4.69) is 20.0 Å². The maximum atomic E-state index is 12.3. The first kappa shape index (κ1) is 17.4.